The Morgan fingerprint density at radius 2 is 1.64 bits per heavy atom. The number of amides is 3. The Morgan fingerprint density at radius 3 is 2.44 bits per heavy atom. The Labute approximate surface area is 263 Å². The predicted molar refractivity (Wildman–Crippen MR) is 174 cm³/mol. The molecular weight excluding hydrogens is 570 g/mol. The second-order valence-corrected chi connectivity index (χ2v) is 10.9. The van der Waals surface area contributed by atoms with Gasteiger partial charge in [0.15, 0.2) is 0 Å². The number of nitrogens with one attached hydrogen (secondary N) is 4. The van der Waals surface area contributed by atoms with Crippen LogP contribution in [-0.4, -0.2) is 61.6 Å². The number of para-hydroxylation sites is 1. The fourth-order valence-corrected chi connectivity index (χ4v) is 5.22. The van der Waals surface area contributed by atoms with Gasteiger partial charge in [-0.2, -0.15) is 0 Å². The van der Waals surface area contributed by atoms with Crippen molar-refractivity contribution in [2.45, 2.75) is 31.9 Å². The van der Waals surface area contributed by atoms with Crippen molar-refractivity contribution in [3.8, 4) is 11.1 Å². The molecule has 0 aliphatic carbocycles. The Hall–Kier alpha value is -4.93. The van der Waals surface area contributed by atoms with Gasteiger partial charge < -0.3 is 30.0 Å². The Kier molecular flexibility index (Phi) is 11.4. The maximum absolute atomic E-state index is 12.7. The first-order chi connectivity index (χ1) is 22.0. The van der Waals surface area contributed by atoms with E-state index in [1.807, 2.05) is 66.7 Å². The van der Waals surface area contributed by atoms with Gasteiger partial charge in [0.2, 0.25) is 5.91 Å². The zero-order chi connectivity index (χ0) is 31.3. The van der Waals surface area contributed by atoms with E-state index in [-0.39, 0.29) is 17.9 Å². The first-order valence-electron chi connectivity index (χ1n) is 15.3. The quantitative estimate of drug-likeness (QED) is 0.147. The third kappa shape index (κ3) is 9.79. The van der Waals surface area contributed by atoms with E-state index in [4.69, 9.17) is 9.15 Å². The van der Waals surface area contributed by atoms with Crippen molar-refractivity contribution in [2.75, 3.05) is 43.4 Å². The molecule has 3 amide bonds. The highest BCUT2D eigenvalue weighted by molar-refractivity contribution is 5.97. The Morgan fingerprint density at radius 1 is 0.844 bits per heavy atom. The summed E-state index contributed by atoms with van der Waals surface area (Å²) < 4.78 is 11.0. The van der Waals surface area contributed by atoms with Gasteiger partial charge in [-0.3, -0.25) is 14.9 Å². The van der Waals surface area contributed by atoms with Crippen molar-refractivity contribution in [3.05, 3.63) is 109 Å². The van der Waals surface area contributed by atoms with Crippen LogP contribution in [0.3, 0.4) is 0 Å². The lowest BCUT2D eigenvalue weighted by Crippen LogP contribution is -2.39. The lowest BCUT2D eigenvalue weighted by atomic mass is 10.0. The van der Waals surface area contributed by atoms with Crippen molar-refractivity contribution in [1.29, 1.82) is 0 Å². The summed E-state index contributed by atoms with van der Waals surface area (Å²) in [5.74, 6) is 0.513. The zero-order valence-corrected chi connectivity index (χ0v) is 25.2. The maximum atomic E-state index is 12.7. The van der Waals surface area contributed by atoms with E-state index >= 15 is 0 Å². The standard InChI is InChI=1S/C35H39N5O5/c41-33(38-28-11-6-10-27(24-28)34(42)37-19-18-36-25-30-12-7-23-44-30)17-22-40-20-15-29(16-21-40)45-35(43)39-32-14-5-4-13-31(32)26-8-2-1-3-9-26/h1-14,23-24,29,36H,15-22,25H2,(H,37,42)(H,38,41)(H,39,43). The third-order valence-corrected chi connectivity index (χ3v) is 7.59. The SMILES string of the molecule is O=C(CCN1CCC(OC(=O)Nc2ccccc2-c2ccccc2)CC1)Nc1cccc(C(=O)NCCNCc2ccco2)c1. The summed E-state index contributed by atoms with van der Waals surface area (Å²) in [6.45, 7) is 3.72. The summed E-state index contributed by atoms with van der Waals surface area (Å²) in [5, 5.41) is 11.9. The number of hydrogen-bond acceptors (Lipinski definition) is 7. The van der Waals surface area contributed by atoms with Gasteiger partial charge in [-0.25, -0.2) is 4.79 Å². The second-order valence-electron chi connectivity index (χ2n) is 10.9. The highest BCUT2D eigenvalue weighted by Crippen LogP contribution is 2.28. The van der Waals surface area contributed by atoms with Crippen molar-refractivity contribution in [3.63, 3.8) is 0 Å². The number of nitrogens with zero attached hydrogens (tertiary/aromatic N) is 1. The molecule has 10 nitrogen and oxygen atoms in total. The average molecular weight is 610 g/mol. The van der Waals surface area contributed by atoms with Crippen LogP contribution in [0, 0.1) is 0 Å². The molecule has 4 N–H and O–H groups in total. The van der Waals surface area contributed by atoms with E-state index in [0.29, 0.717) is 62.4 Å². The van der Waals surface area contributed by atoms with Crippen LogP contribution < -0.4 is 21.3 Å². The number of furan rings is 1. The van der Waals surface area contributed by atoms with Gasteiger partial charge in [0.05, 0.1) is 18.5 Å². The molecule has 0 radical (unpaired) electrons. The van der Waals surface area contributed by atoms with E-state index in [9.17, 15) is 14.4 Å². The summed E-state index contributed by atoms with van der Waals surface area (Å²) in [6.07, 6.45) is 2.70. The maximum Gasteiger partial charge on any atom is 0.411 e. The van der Waals surface area contributed by atoms with Crippen LogP contribution in [0.5, 0.6) is 0 Å². The van der Waals surface area contributed by atoms with E-state index < -0.39 is 6.09 Å². The largest absolute Gasteiger partial charge is 0.468 e. The first kappa shape index (κ1) is 31.5. The van der Waals surface area contributed by atoms with Crippen molar-refractivity contribution < 1.29 is 23.5 Å². The molecule has 45 heavy (non-hydrogen) atoms. The molecule has 5 rings (SSSR count). The number of carbonyl (C=O) groups excluding carboxylic acids is 3. The number of likely N-dealkylation sites (tertiary alicyclic amines) is 1. The van der Waals surface area contributed by atoms with Crippen LogP contribution in [0.1, 0.15) is 35.4 Å². The summed E-state index contributed by atoms with van der Waals surface area (Å²) >= 11 is 0. The minimum absolute atomic E-state index is 0.121. The molecule has 1 fully saturated rings. The van der Waals surface area contributed by atoms with Gasteiger partial charge >= 0.3 is 6.09 Å². The normalized spacial score (nSPS) is 13.6. The van der Waals surface area contributed by atoms with Gasteiger partial charge in [-0.1, -0.05) is 54.6 Å². The number of piperidine rings is 1. The molecule has 4 aromatic rings. The lowest BCUT2D eigenvalue weighted by molar-refractivity contribution is -0.116. The number of carbonyl (C=O) groups is 3. The van der Waals surface area contributed by atoms with Crippen molar-refractivity contribution in [2.24, 2.45) is 0 Å². The van der Waals surface area contributed by atoms with Crippen LogP contribution in [0.4, 0.5) is 16.2 Å². The monoisotopic (exact) mass is 609 g/mol. The number of anilines is 2. The fraction of sp³-hybridized carbons (Fsp3) is 0.286. The molecule has 0 unspecified atom stereocenters. The van der Waals surface area contributed by atoms with E-state index in [0.717, 1.165) is 30.0 Å². The second kappa shape index (κ2) is 16.2. The van der Waals surface area contributed by atoms with Crippen LogP contribution in [-0.2, 0) is 16.1 Å². The van der Waals surface area contributed by atoms with E-state index in [2.05, 4.69) is 26.2 Å². The molecule has 1 saturated heterocycles. The third-order valence-electron chi connectivity index (χ3n) is 7.59. The Bertz CT molecular complexity index is 1540. The summed E-state index contributed by atoms with van der Waals surface area (Å²) in [4.78, 5) is 40.1. The molecule has 1 aromatic heterocycles. The molecule has 3 aromatic carbocycles. The van der Waals surface area contributed by atoms with Gasteiger partial charge in [-0.05, 0) is 54.8 Å². The average Bonchev–Trinajstić information content (AvgIpc) is 3.59. The number of rotatable bonds is 13. The van der Waals surface area contributed by atoms with Gasteiger partial charge in [0.25, 0.3) is 5.91 Å². The van der Waals surface area contributed by atoms with Crippen LogP contribution in [0.15, 0.2) is 102 Å². The van der Waals surface area contributed by atoms with Crippen LogP contribution in [0.2, 0.25) is 0 Å². The van der Waals surface area contributed by atoms with Crippen molar-refractivity contribution >= 4 is 29.3 Å². The van der Waals surface area contributed by atoms with Crippen molar-refractivity contribution in [1.82, 2.24) is 15.5 Å². The molecule has 10 heteroatoms. The molecule has 1 aliphatic rings. The predicted octanol–water partition coefficient (Wildman–Crippen LogP) is 5.51. The topological polar surface area (TPSA) is 125 Å². The first-order valence-corrected chi connectivity index (χ1v) is 15.3. The summed E-state index contributed by atoms with van der Waals surface area (Å²) in [7, 11) is 0. The molecule has 0 saturated carbocycles. The number of hydrogen-bond donors (Lipinski definition) is 4. The smallest absolute Gasteiger partial charge is 0.411 e. The molecule has 0 bridgehead atoms. The zero-order valence-electron chi connectivity index (χ0n) is 25.2. The van der Waals surface area contributed by atoms with E-state index in [1.165, 1.54) is 0 Å². The summed E-state index contributed by atoms with van der Waals surface area (Å²) in [6, 6.07) is 28.2. The van der Waals surface area contributed by atoms with Gasteiger partial charge in [-0.15, -0.1) is 0 Å². The van der Waals surface area contributed by atoms with Crippen LogP contribution in [0.25, 0.3) is 11.1 Å². The fourth-order valence-electron chi connectivity index (χ4n) is 5.22. The minimum atomic E-state index is -0.464. The van der Waals surface area contributed by atoms with E-state index in [1.54, 1.807) is 30.5 Å². The summed E-state index contributed by atoms with van der Waals surface area (Å²) in [5.41, 5.74) is 3.72. The molecule has 234 valence electrons. The van der Waals surface area contributed by atoms with Gasteiger partial charge in [0, 0.05) is 56.0 Å². The number of ether oxygens (including phenoxy) is 1. The number of benzene rings is 3. The molecule has 0 atom stereocenters. The molecule has 1 aliphatic heterocycles. The highest BCUT2D eigenvalue weighted by Gasteiger charge is 2.23. The molecular formula is C35H39N5O5. The minimum Gasteiger partial charge on any atom is -0.468 e. The molecule has 2 heterocycles. The van der Waals surface area contributed by atoms with Crippen LogP contribution >= 0.6 is 0 Å². The lowest BCUT2D eigenvalue weighted by Gasteiger charge is -2.31. The highest BCUT2D eigenvalue weighted by atomic mass is 16.6. The Balaban J connectivity index is 0.984. The van der Waals surface area contributed by atoms with Gasteiger partial charge in [0.1, 0.15) is 11.9 Å². The molecule has 0 spiro atoms.